The number of hydrogen-bond donors (Lipinski definition) is 0. The highest BCUT2D eigenvalue weighted by Gasteiger charge is 2.15. The number of aromatic nitrogens is 5. The maximum atomic E-state index is 5.09. The van der Waals surface area contributed by atoms with E-state index in [2.05, 4.69) is 131 Å². The fourth-order valence-electron chi connectivity index (χ4n) is 6.30. The number of hydrogen-bond acceptors (Lipinski definition) is 4. The van der Waals surface area contributed by atoms with Crippen LogP contribution in [0.3, 0.4) is 0 Å². The summed E-state index contributed by atoms with van der Waals surface area (Å²) >= 11 is 0. The molecule has 0 aliphatic heterocycles. The third kappa shape index (κ3) is 4.91. The number of nitrogens with zero attached hydrogens (tertiary/aromatic N) is 5. The van der Waals surface area contributed by atoms with Crippen LogP contribution in [0.1, 0.15) is 0 Å². The Morgan fingerprint density at radius 1 is 0.383 bits per heavy atom. The zero-order valence-corrected chi connectivity index (χ0v) is 25.3. The van der Waals surface area contributed by atoms with Crippen LogP contribution in [0, 0.1) is 0 Å². The summed E-state index contributed by atoms with van der Waals surface area (Å²) in [5.41, 5.74) is 12.0. The predicted octanol–water partition coefficient (Wildman–Crippen LogP) is 10.2. The van der Waals surface area contributed by atoms with E-state index in [1.807, 2.05) is 36.4 Å². The third-order valence-corrected chi connectivity index (χ3v) is 8.63. The molecule has 0 amide bonds. The van der Waals surface area contributed by atoms with E-state index in [4.69, 9.17) is 15.0 Å². The lowest BCUT2D eigenvalue weighted by Gasteiger charge is -2.11. The van der Waals surface area contributed by atoms with Gasteiger partial charge in [-0.1, -0.05) is 84.9 Å². The molecule has 0 spiro atoms. The standard InChI is InChI=1S/C42H27N5/c1-2-11-34(12-3-1)47-41-15-5-4-14-39(41)46-42(47)33-10-8-9-31(26-33)35-22-20-32-25-29(19-21-36(32)44-35)30-17-16-28-18-23-38(45-40(28)27-30)37-13-6-7-24-43-37/h1-27H. The van der Waals surface area contributed by atoms with Gasteiger partial charge in [-0.05, 0) is 83.9 Å². The fraction of sp³-hybridized carbons (Fsp3) is 0. The van der Waals surface area contributed by atoms with Crippen LogP contribution < -0.4 is 0 Å². The first-order valence-electron chi connectivity index (χ1n) is 15.6. The van der Waals surface area contributed by atoms with Gasteiger partial charge in [0.2, 0.25) is 0 Å². The van der Waals surface area contributed by atoms with Gasteiger partial charge in [-0.2, -0.15) is 0 Å². The molecular weight excluding hydrogens is 574 g/mol. The lowest BCUT2D eigenvalue weighted by atomic mass is 10.0. The second-order valence-electron chi connectivity index (χ2n) is 11.6. The zero-order chi connectivity index (χ0) is 31.2. The molecule has 4 aromatic heterocycles. The van der Waals surface area contributed by atoms with Crippen LogP contribution >= 0.6 is 0 Å². The quantitative estimate of drug-likeness (QED) is 0.197. The first-order chi connectivity index (χ1) is 23.3. The fourth-order valence-corrected chi connectivity index (χ4v) is 6.30. The van der Waals surface area contributed by atoms with Crippen LogP contribution in [0.4, 0.5) is 0 Å². The van der Waals surface area contributed by atoms with Gasteiger partial charge in [-0.25, -0.2) is 15.0 Å². The summed E-state index contributed by atoms with van der Waals surface area (Å²) in [4.78, 5) is 19.5. The first kappa shape index (κ1) is 26.9. The molecule has 4 heterocycles. The molecule has 0 aliphatic rings. The number of benzene rings is 5. The van der Waals surface area contributed by atoms with Gasteiger partial charge in [0.15, 0.2) is 0 Å². The van der Waals surface area contributed by atoms with E-state index in [1.54, 1.807) is 6.20 Å². The van der Waals surface area contributed by atoms with Crippen LogP contribution in [0.5, 0.6) is 0 Å². The molecule has 5 aromatic carbocycles. The smallest absolute Gasteiger partial charge is 0.145 e. The predicted molar refractivity (Wildman–Crippen MR) is 191 cm³/mol. The summed E-state index contributed by atoms with van der Waals surface area (Å²) in [7, 11) is 0. The van der Waals surface area contributed by atoms with E-state index in [9.17, 15) is 0 Å². The summed E-state index contributed by atoms with van der Waals surface area (Å²) in [6.07, 6.45) is 1.80. The molecule has 5 nitrogen and oxygen atoms in total. The number of rotatable bonds is 5. The second kappa shape index (κ2) is 11.2. The molecule has 0 radical (unpaired) electrons. The van der Waals surface area contributed by atoms with Gasteiger partial charge in [0.1, 0.15) is 5.82 Å². The van der Waals surface area contributed by atoms with Crippen molar-refractivity contribution in [3.63, 3.8) is 0 Å². The van der Waals surface area contributed by atoms with Gasteiger partial charge < -0.3 is 0 Å². The largest absolute Gasteiger partial charge is 0.292 e. The van der Waals surface area contributed by atoms with Crippen molar-refractivity contribution in [2.24, 2.45) is 0 Å². The Morgan fingerprint density at radius 3 is 2.04 bits per heavy atom. The molecule has 0 saturated heterocycles. The van der Waals surface area contributed by atoms with Crippen LogP contribution in [0.15, 0.2) is 164 Å². The Balaban J connectivity index is 1.07. The van der Waals surface area contributed by atoms with Gasteiger partial charge in [-0.3, -0.25) is 9.55 Å². The lowest BCUT2D eigenvalue weighted by Crippen LogP contribution is -1.97. The molecule has 0 saturated carbocycles. The van der Waals surface area contributed by atoms with Crippen molar-refractivity contribution in [1.29, 1.82) is 0 Å². The van der Waals surface area contributed by atoms with E-state index in [-0.39, 0.29) is 0 Å². The Morgan fingerprint density at radius 2 is 1.13 bits per heavy atom. The van der Waals surface area contributed by atoms with Crippen molar-refractivity contribution < 1.29 is 0 Å². The van der Waals surface area contributed by atoms with Gasteiger partial charge >= 0.3 is 0 Å². The number of pyridine rings is 3. The molecule has 47 heavy (non-hydrogen) atoms. The molecule has 5 heteroatoms. The number of para-hydroxylation sites is 3. The average Bonchev–Trinajstić information content (AvgIpc) is 3.54. The summed E-state index contributed by atoms with van der Waals surface area (Å²) in [5.74, 6) is 0.904. The Bertz CT molecular complexity index is 2570. The van der Waals surface area contributed by atoms with Crippen LogP contribution in [0.2, 0.25) is 0 Å². The Kier molecular flexibility index (Phi) is 6.39. The van der Waals surface area contributed by atoms with Gasteiger partial charge in [0.05, 0.1) is 39.1 Å². The van der Waals surface area contributed by atoms with Crippen LogP contribution in [-0.4, -0.2) is 24.5 Å². The van der Waals surface area contributed by atoms with Crippen LogP contribution in [-0.2, 0) is 0 Å². The maximum absolute atomic E-state index is 5.09. The molecule has 0 unspecified atom stereocenters. The monoisotopic (exact) mass is 601 g/mol. The van der Waals surface area contributed by atoms with E-state index < -0.39 is 0 Å². The van der Waals surface area contributed by atoms with Gasteiger partial charge in [0, 0.05) is 33.8 Å². The van der Waals surface area contributed by atoms with E-state index in [0.717, 1.165) is 83.7 Å². The van der Waals surface area contributed by atoms with Crippen molar-refractivity contribution in [3.05, 3.63) is 164 Å². The molecule has 0 N–H and O–H groups in total. The molecule has 0 aliphatic carbocycles. The van der Waals surface area contributed by atoms with E-state index in [0.29, 0.717) is 0 Å². The molecule has 9 rings (SSSR count). The minimum absolute atomic E-state index is 0.867. The molecule has 0 atom stereocenters. The number of fused-ring (bicyclic) bond motifs is 3. The maximum Gasteiger partial charge on any atom is 0.145 e. The van der Waals surface area contributed by atoms with Gasteiger partial charge in [-0.15, -0.1) is 0 Å². The summed E-state index contributed by atoms with van der Waals surface area (Å²) in [5, 5.41) is 2.19. The minimum atomic E-state index is 0.867. The first-order valence-corrected chi connectivity index (χ1v) is 15.6. The van der Waals surface area contributed by atoms with Crippen molar-refractivity contribution in [3.8, 4) is 50.8 Å². The molecule has 220 valence electrons. The molecule has 0 bridgehead atoms. The Hall–Kier alpha value is -6.46. The average molecular weight is 602 g/mol. The Labute approximate surface area is 271 Å². The van der Waals surface area contributed by atoms with E-state index in [1.165, 1.54) is 0 Å². The van der Waals surface area contributed by atoms with Gasteiger partial charge in [0.25, 0.3) is 0 Å². The van der Waals surface area contributed by atoms with Crippen molar-refractivity contribution in [1.82, 2.24) is 24.5 Å². The zero-order valence-electron chi connectivity index (χ0n) is 25.3. The van der Waals surface area contributed by atoms with Crippen molar-refractivity contribution in [2.45, 2.75) is 0 Å². The van der Waals surface area contributed by atoms with E-state index >= 15 is 0 Å². The molecule has 0 fully saturated rings. The molecule has 9 aromatic rings. The van der Waals surface area contributed by atoms with Crippen molar-refractivity contribution >= 4 is 32.8 Å². The summed E-state index contributed by atoms with van der Waals surface area (Å²) in [6.45, 7) is 0. The minimum Gasteiger partial charge on any atom is -0.292 e. The van der Waals surface area contributed by atoms with Crippen molar-refractivity contribution in [2.75, 3.05) is 0 Å². The second-order valence-corrected chi connectivity index (χ2v) is 11.6. The highest BCUT2D eigenvalue weighted by atomic mass is 15.1. The lowest BCUT2D eigenvalue weighted by molar-refractivity contribution is 1.10. The normalized spacial score (nSPS) is 11.4. The highest BCUT2D eigenvalue weighted by molar-refractivity contribution is 5.90. The third-order valence-electron chi connectivity index (χ3n) is 8.63. The highest BCUT2D eigenvalue weighted by Crippen LogP contribution is 2.33. The summed E-state index contributed by atoms with van der Waals surface area (Å²) < 4.78 is 2.23. The molecular formula is C42H27N5. The van der Waals surface area contributed by atoms with Crippen LogP contribution in [0.25, 0.3) is 83.7 Å². The number of imidazole rings is 1. The topological polar surface area (TPSA) is 56.5 Å². The SMILES string of the molecule is c1ccc(-n2c(-c3cccc(-c4ccc5cc(-c6ccc7ccc(-c8ccccn8)nc7c6)ccc5n4)c3)nc3ccccc32)cc1. The summed E-state index contributed by atoms with van der Waals surface area (Å²) in [6, 6.07) is 54.3.